The molecule has 0 spiro atoms. The van der Waals surface area contributed by atoms with Gasteiger partial charge in [0.25, 0.3) is 0 Å². The Kier molecular flexibility index (Phi) is 4.28. The van der Waals surface area contributed by atoms with Gasteiger partial charge in [-0.05, 0) is 51.5 Å². The van der Waals surface area contributed by atoms with E-state index in [1.807, 2.05) is 19.2 Å². The van der Waals surface area contributed by atoms with E-state index < -0.39 is 0 Å². The average molecular weight is 324 g/mol. The second-order valence-corrected chi connectivity index (χ2v) is 6.72. The van der Waals surface area contributed by atoms with E-state index in [0.29, 0.717) is 6.04 Å². The summed E-state index contributed by atoms with van der Waals surface area (Å²) in [6.45, 7) is 3.99. The minimum atomic E-state index is 0.466. The first-order valence-corrected chi connectivity index (χ1v) is 8.93. The van der Waals surface area contributed by atoms with Crippen LogP contribution in [0.15, 0.2) is 18.6 Å². The smallest absolute Gasteiger partial charge is 0.135 e. The molecule has 1 fully saturated rings. The molecule has 1 saturated heterocycles. The molecule has 0 unspecified atom stereocenters. The number of aromatic nitrogens is 4. The van der Waals surface area contributed by atoms with Crippen LogP contribution in [0.25, 0.3) is 0 Å². The summed E-state index contributed by atoms with van der Waals surface area (Å²) in [5, 5.41) is 3.55. The summed E-state index contributed by atoms with van der Waals surface area (Å²) in [6.07, 6.45) is 10.5. The first-order valence-electron chi connectivity index (χ1n) is 8.93. The fourth-order valence-corrected chi connectivity index (χ4v) is 3.76. The van der Waals surface area contributed by atoms with Crippen LogP contribution >= 0.6 is 0 Å². The van der Waals surface area contributed by atoms with Crippen LogP contribution < -0.4 is 10.2 Å². The highest BCUT2D eigenvalue weighted by Crippen LogP contribution is 2.29. The number of piperidine rings is 1. The Labute approximate surface area is 142 Å². The monoisotopic (exact) mass is 324 g/mol. The number of nitrogens with zero attached hydrogens (tertiary/aromatic N) is 5. The van der Waals surface area contributed by atoms with E-state index in [1.165, 1.54) is 29.9 Å². The lowest BCUT2D eigenvalue weighted by atomic mass is 9.95. The number of rotatable bonds is 3. The molecular weight excluding hydrogens is 300 g/mol. The Bertz CT molecular complexity index is 708. The summed E-state index contributed by atoms with van der Waals surface area (Å²) < 4.78 is 0. The van der Waals surface area contributed by atoms with Crippen LogP contribution in [0.2, 0.25) is 0 Å². The van der Waals surface area contributed by atoms with E-state index in [1.54, 1.807) is 6.33 Å². The predicted molar refractivity (Wildman–Crippen MR) is 94.3 cm³/mol. The van der Waals surface area contributed by atoms with Crippen molar-refractivity contribution in [3.63, 3.8) is 0 Å². The van der Waals surface area contributed by atoms with Crippen molar-refractivity contribution in [3.05, 3.63) is 35.7 Å². The molecule has 0 atom stereocenters. The van der Waals surface area contributed by atoms with Gasteiger partial charge in [0.05, 0.1) is 0 Å². The van der Waals surface area contributed by atoms with Gasteiger partial charge in [-0.1, -0.05) is 0 Å². The summed E-state index contributed by atoms with van der Waals surface area (Å²) in [4.78, 5) is 20.1. The van der Waals surface area contributed by atoms with Crippen molar-refractivity contribution in [1.82, 2.24) is 19.9 Å². The van der Waals surface area contributed by atoms with Gasteiger partial charge in [-0.15, -0.1) is 0 Å². The van der Waals surface area contributed by atoms with E-state index >= 15 is 0 Å². The van der Waals surface area contributed by atoms with E-state index in [-0.39, 0.29) is 0 Å². The third-order valence-corrected chi connectivity index (χ3v) is 5.02. The minimum Gasteiger partial charge on any atom is -0.367 e. The number of fused-ring (bicyclic) bond motifs is 1. The lowest BCUT2D eigenvalue weighted by Crippen LogP contribution is -2.40. The zero-order valence-electron chi connectivity index (χ0n) is 14.2. The quantitative estimate of drug-likeness (QED) is 0.936. The summed E-state index contributed by atoms with van der Waals surface area (Å²) in [7, 11) is 0. The lowest BCUT2D eigenvalue weighted by Gasteiger charge is -2.35. The normalized spacial score (nSPS) is 18.3. The summed E-state index contributed by atoms with van der Waals surface area (Å²) >= 11 is 0. The van der Waals surface area contributed by atoms with Gasteiger partial charge in [0, 0.05) is 36.6 Å². The van der Waals surface area contributed by atoms with Gasteiger partial charge in [0.15, 0.2) is 0 Å². The maximum atomic E-state index is 4.61. The molecule has 0 bridgehead atoms. The van der Waals surface area contributed by atoms with Crippen LogP contribution in [0.5, 0.6) is 0 Å². The van der Waals surface area contributed by atoms with Crippen molar-refractivity contribution in [2.24, 2.45) is 0 Å². The molecule has 126 valence electrons. The highest BCUT2D eigenvalue weighted by atomic mass is 15.2. The third-order valence-electron chi connectivity index (χ3n) is 5.02. The van der Waals surface area contributed by atoms with Crippen LogP contribution in [-0.2, 0) is 12.8 Å². The molecule has 6 nitrogen and oxygen atoms in total. The number of hydrogen-bond donors (Lipinski definition) is 1. The van der Waals surface area contributed by atoms with E-state index in [9.17, 15) is 0 Å². The Morgan fingerprint density at radius 1 is 1.08 bits per heavy atom. The second kappa shape index (κ2) is 6.71. The fourth-order valence-electron chi connectivity index (χ4n) is 3.76. The topological polar surface area (TPSA) is 66.8 Å². The summed E-state index contributed by atoms with van der Waals surface area (Å²) in [5.41, 5.74) is 2.66. The third kappa shape index (κ3) is 3.18. The second-order valence-electron chi connectivity index (χ2n) is 6.72. The molecule has 1 N–H and O–H groups in total. The molecule has 4 rings (SSSR count). The van der Waals surface area contributed by atoms with Crippen molar-refractivity contribution in [3.8, 4) is 0 Å². The fraction of sp³-hybridized carbons (Fsp3) is 0.556. The number of aryl methyl sites for hydroxylation is 2. The van der Waals surface area contributed by atoms with Crippen molar-refractivity contribution in [2.75, 3.05) is 23.3 Å². The molecule has 6 heteroatoms. The molecular formula is C18H24N6. The predicted octanol–water partition coefficient (Wildman–Crippen LogP) is 2.53. The first-order chi connectivity index (χ1) is 11.8. The first kappa shape index (κ1) is 15.3. The van der Waals surface area contributed by atoms with Gasteiger partial charge in [0.2, 0.25) is 0 Å². The molecule has 0 amide bonds. The maximum Gasteiger partial charge on any atom is 0.135 e. The summed E-state index contributed by atoms with van der Waals surface area (Å²) in [5.74, 6) is 2.92. The SMILES string of the molecule is Cc1nccc(NC2CCN(c3ncnc4c3CCCC4)CC2)n1. The Balaban J connectivity index is 1.41. The standard InChI is InChI=1S/C18H24N6/c1-13-19-9-6-17(22-13)23-14-7-10-24(11-8-14)18-15-4-2-3-5-16(15)20-12-21-18/h6,9,12,14H,2-5,7-8,10-11H2,1H3,(H,19,22,23). The van der Waals surface area contributed by atoms with Crippen molar-refractivity contribution < 1.29 is 0 Å². The van der Waals surface area contributed by atoms with Crippen molar-refractivity contribution in [2.45, 2.75) is 51.5 Å². The lowest BCUT2D eigenvalue weighted by molar-refractivity contribution is 0.518. The Hall–Kier alpha value is -2.24. The van der Waals surface area contributed by atoms with E-state index in [0.717, 1.165) is 50.4 Å². The summed E-state index contributed by atoms with van der Waals surface area (Å²) in [6, 6.07) is 2.41. The minimum absolute atomic E-state index is 0.466. The van der Waals surface area contributed by atoms with Crippen LogP contribution in [0.4, 0.5) is 11.6 Å². The van der Waals surface area contributed by atoms with Crippen LogP contribution in [-0.4, -0.2) is 39.1 Å². The number of nitrogens with one attached hydrogen (secondary N) is 1. The van der Waals surface area contributed by atoms with Gasteiger partial charge >= 0.3 is 0 Å². The van der Waals surface area contributed by atoms with Crippen molar-refractivity contribution >= 4 is 11.6 Å². The Morgan fingerprint density at radius 2 is 1.92 bits per heavy atom. The van der Waals surface area contributed by atoms with E-state index in [2.05, 4.69) is 30.2 Å². The molecule has 2 aromatic rings. The molecule has 0 radical (unpaired) electrons. The molecule has 2 aromatic heterocycles. The highest BCUT2D eigenvalue weighted by molar-refractivity contribution is 5.50. The number of anilines is 2. The molecule has 1 aliphatic carbocycles. The molecule has 2 aliphatic rings. The average Bonchev–Trinajstić information content (AvgIpc) is 2.62. The zero-order chi connectivity index (χ0) is 16.4. The molecule has 0 saturated carbocycles. The van der Waals surface area contributed by atoms with Gasteiger partial charge in [-0.25, -0.2) is 19.9 Å². The van der Waals surface area contributed by atoms with Gasteiger partial charge in [-0.2, -0.15) is 0 Å². The van der Waals surface area contributed by atoms with Gasteiger partial charge < -0.3 is 10.2 Å². The van der Waals surface area contributed by atoms with Crippen LogP contribution in [0.3, 0.4) is 0 Å². The van der Waals surface area contributed by atoms with E-state index in [4.69, 9.17) is 0 Å². The highest BCUT2D eigenvalue weighted by Gasteiger charge is 2.24. The molecule has 3 heterocycles. The van der Waals surface area contributed by atoms with Gasteiger partial charge in [-0.3, -0.25) is 0 Å². The van der Waals surface area contributed by atoms with Crippen LogP contribution in [0.1, 0.15) is 42.8 Å². The Morgan fingerprint density at radius 3 is 2.75 bits per heavy atom. The largest absolute Gasteiger partial charge is 0.367 e. The number of hydrogen-bond acceptors (Lipinski definition) is 6. The van der Waals surface area contributed by atoms with Gasteiger partial charge in [0.1, 0.15) is 23.8 Å². The van der Waals surface area contributed by atoms with Crippen LogP contribution in [0, 0.1) is 6.92 Å². The zero-order valence-corrected chi connectivity index (χ0v) is 14.2. The molecule has 0 aromatic carbocycles. The maximum absolute atomic E-state index is 4.61. The van der Waals surface area contributed by atoms with Crippen molar-refractivity contribution in [1.29, 1.82) is 0 Å². The molecule has 24 heavy (non-hydrogen) atoms. The molecule has 1 aliphatic heterocycles.